The molecule has 0 saturated heterocycles. The van der Waals surface area contributed by atoms with Crippen molar-refractivity contribution in [1.82, 2.24) is 4.90 Å². The number of methoxy groups -OCH3 is 2. The molecule has 0 saturated carbocycles. The van der Waals surface area contributed by atoms with Crippen LogP contribution in [0.3, 0.4) is 0 Å². The molecule has 1 amide bonds. The number of carbonyl (C=O) groups excluding carboxylic acids is 2. The van der Waals surface area contributed by atoms with Crippen LogP contribution in [-0.2, 0) is 11.3 Å². The molecular weight excluding hydrogens is 332 g/mol. The van der Waals surface area contributed by atoms with Crippen molar-refractivity contribution in [3.8, 4) is 11.5 Å². The topological polar surface area (TPSA) is 67.9 Å². The second kappa shape index (κ2) is 9.01. The van der Waals surface area contributed by atoms with Gasteiger partial charge in [0, 0.05) is 23.7 Å². The van der Waals surface area contributed by atoms with Gasteiger partial charge < -0.3 is 14.8 Å². The van der Waals surface area contributed by atoms with Gasteiger partial charge in [-0.05, 0) is 32.2 Å². The van der Waals surface area contributed by atoms with Gasteiger partial charge in [0.25, 0.3) is 0 Å². The van der Waals surface area contributed by atoms with E-state index in [9.17, 15) is 9.59 Å². The molecule has 2 aromatic rings. The lowest BCUT2D eigenvalue weighted by Crippen LogP contribution is -2.30. The monoisotopic (exact) mass is 356 g/mol. The third kappa shape index (κ3) is 5.07. The number of benzene rings is 2. The van der Waals surface area contributed by atoms with Crippen molar-refractivity contribution >= 4 is 17.4 Å². The van der Waals surface area contributed by atoms with E-state index in [0.717, 1.165) is 5.56 Å². The first-order chi connectivity index (χ1) is 12.4. The Morgan fingerprint density at radius 2 is 1.81 bits per heavy atom. The summed E-state index contributed by atoms with van der Waals surface area (Å²) in [7, 11) is 5.05. The van der Waals surface area contributed by atoms with Gasteiger partial charge in [0.2, 0.25) is 5.91 Å². The van der Waals surface area contributed by atoms with Crippen molar-refractivity contribution in [3.05, 3.63) is 53.6 Å². The normalized spacial score (nSPS) is 10.5. The fraction of sp³-hybridized carbons (Fsp3) is 0.300. The van der Waals surface area contributed by atoms with Gasteiger partial charge in [-0.2, -0.15) is 0 Å². The molecule has 0 radical (unpaired) electrons. The fourth-order valence-corrected chi connectivity index (χ4v) is 2.66. The van der Waals surface area contributed by atoms with Crippen LogP contribution in [0.5, 0.6) is 11.5 Å². The number of ketones is 1. The maximum absolute atomic E-state index is 12.3. The van der Waals surface area contributed by atoms with Crippen LogP contribution < -0.4 is 14.8 Å². The van der Waals surface area contributed by atoms with Crippen molar-refractivity contribution in [1.29, 1.82) is 0 Å². The highest BCUT2D eigenvalue weighted by atomic mass is 16.5. The number of nitrogens with zero attached hydrogens (tertiary/aromatic N) is 1. The van der Waals surface area contributed by atoms with Crippen LogP contribution in [0.2, 0.25) is 0 Å². The number of hydrogen-bond acceptors (Lipinski definition) is 5. The van der Waals surface area contributed by atoms with E-state index in [-0.39, 0.29) is 18.2 Å². The fourth-order valence-electron chi connectivity index (χ4n) is 2.66. The zero-order valence-electron chi connectivity index (χ0n) is 15.5. The summed E-state index contributed by atoms with van der Waals surface area (Å²) in [5, 5.41) is 2.80. The van der Waals surface area contributed by atoms with Gasteiger partial charge in [-0.25, -0.2) is 0 Å². The Labute approximate surface area is 153 Å². The molecule has 0 fully saturated rings. The van der Waals surface area contributed by atoms with Gasteiger partial charge in [-0.15, -0.1) is 0 Å². The average Bonchev–Trinajstić information content (AvgIpc) is 2.62. The highest BCUT2D eigenvalue weighted by Crippen LogP contribution is 2.25. The molecule has 0 heterocycles. The van der Waals surface area contributed by atoms with Crippen molar-refractivity contribution in [2.24, 2.45) is 0 Å². The summed E-state index contributed by atoms with van der Waals surface area (Å²) in [6.07, 6.45) is 0. The van der Waals surface area contributed by atoms with Crippen molar-refractivity contribution in [2.45, 2.75) is 13.5 Å². The highest BCUT2D eigenvalue weighted by Gasteiger charge is 2.13. The van der Waals surface area contributed by atoms with Gasteiger partial charge >= 0.3 is 0 Å². The van der Waals surface area contributed by atoms with Crippen LogP contribution >= 0.6 is 0 Å². The molecule has 0 bridgehead atoms. The molecule has 2 aromatic carbocycles. The van der Waals surface area contributed by atoms with Gasteiger partial charge in [0.15, 0.2) is 5.78 Å². The SMILES string of the molecule is COc1ccc(CN(C)CC(=O)Nc2ccccc2C(C)=O)c(OC)c1. The number of ether oxygens (including phenoxy) is 2. The first kappa shape index (κ1) is 19.5. The van der Waals surface area contributed by atoms with Crippen molar-refractivity contribution in [2.75, 3.05) is 33.1 Å². The molecule has 0 aromatic heterocycles. The summed E-state index contributed by atoms with van der Waals surface area (Å²) in [4.78, 5) is 25.8. The molecule has 2 rings (SSSR count). The van der Waals surface area contributed by atoms with Crippen LogP contribution in [-0.4, -0.2) is 44.4 Å². The number of nitrogens with one attached hydrogen (secondary N) is 1. The van der Waals surface area contributed by atoms with Crippen molar-refractivity contribution in [3.63, 3.8) is 0 Å². The minimum atomic E-state index is -0.186. The zero-order valence-corrected chi connectivity index (χ0v) is 15.5. The van der Waals surface area contributed by atoms with Gasteiger partial charge in [0.1, 0.15) is 11.5 Å². The average molecular weight is 356 g/mol. The summed E-state index contributed by atoms with van der Waals surface area (Å²) < 4.78 is 10.6. The maximum atomic E-state index is 12.3. The standard InChI is InChI=1S/C20H24N2O4/c1-14(23)17-7-5-6-8-18(17)21-20(24)13-22(2)12-15-9-10-16(25-3)11-19(15)26-4/h5-11H,12-13H2,1-4H3,(H,21,24). The molecule has 0 unspecified atom stereocenters. The molecule has 0 aliphatic carbocycles. The lowest BCUT2D eigenvalue weighted by molar-refractivity contribution is -0.117. The number of carbonyl (C=O) groups is 2. The van der Waals surface area contributed by atoms with Gasteiger partial charge in [-0.3, -0.25) is 14.5 Å². The summed E-state index contributed by atoms with van der Waals surface area (Å²) >= 11 is 0. The molecule has 0 aliphatic heterocycles. The number of rotatable bonds is 8. The summed E-state index contributed by atoms with van der Waals surface area (Å²) in [6.45, 7) is 2.20. The van der Waals surface area contributed by atoms with E-state index in [0.29, 0.717) is 29.3 Å². The Morgan fingerprint density at radius 1 is 1.08 bits per heavy atom. The predicted octanol–water partition coefficient (Wildman–Crippen LogP) is 2.98. The first-order valence-corrected chi connectivity index (χ1v) is 8.24. The molecule has 138 valence electrons. The Kier molecular flexibility index (Phi) is 6.74. The van der Waals surface area contributed by atoms with E-state index in [1.807, 2.05) is 30.1 Å². The van der Waals surface area contributed by atoms with E-state index in [1.165, 1.54) is 6.92 Å². The number of hydrogen-bond donors (Lipinski definition) is 1. The van der Waals surface area contributed by atoms with Gasteiger partial charge in [-0.1, -0.05) is 18.2 Å². The van der Waals surface area contributed by atoms with Crippen LogP contribution in [0.4, 0.5) is 5.69 Å². The quantitative estimate of drug-likeness (QED) is 0.737. The minimum absolute atomic E-state index is 0.0859. The molecule has 26 heavy (non-hydrogen) atoms. The lowest BCUT2D eigenvalue weighted by atomic mass is 10.1. The minimum Gasteiger partial charge on any atom is -0.497 e. The smallest absolute Gasteiger partial charge is 0.238 e. The largest absolute Gasteiger partial charge is 0.497 e. The number of amides is 1. The molecule has 6 nitrogen and oxygen atoms in total. The highest BCUT2D eigenvalue weighted by molar-refractivity contribution is 6.04. The third-order valence-corrected chi connectivity index (χ3v) is 3.93. The van der Waals surface area contributed by atoms with E-state index in [1.54, 1.807) is 38.5 Å². The number of anilines is 1. The third-order valence-electron chi connectivity index (χ3n) is 3.93. The van der Waals surface area contributed by atoms with Crippen LogP contribution in [0.1, 0.15) is 22.8 Å². The molecule has 0 atom stereocenters. The van der Waals surface area contributed by atoms with Crippen LogP contribution in [0, 0.1) is 0 Å². The Hall–Kier alpha value is -2.86. The molecule has 0 aliphatic rings. The lowest BCUT2D eigenvalue weighted by Gasteiger charge is -2.19. The number of likely N-dealkylation sites (N-methyl/N-ethyl adjacent to an activating group) is 1. The summed E-state index contributed by atoms with van der Waals surface area (Å²) in [5.41, 5.74) is 1.98. The van der Waals surface area contributed by atoms with E-state index in [2.05, 4.69) is 5.32 Å². The first-order valence-electron chi connectivity index (χ1n) is 8.24. The Morgan fingerprint density at radius 3 is 2.46 bits per heavy atom. The molecule has 1 N–H and O–H groups in total. The number of Topliss-reactive ketones (excluding diaryl/α,β-unsaturated/α-hetero) is 1. The second-order valence-electron chi connectivity index (χ2n) is 6.00. The number of para-hydroxylation sites is 1. The van der Waals surface area contributed by atoms with Crippen molar-refractivity contribution < 1.29 is 19.1 Å². The molecule has 0 spiro atoms. The predicted molar refractivity (Wildman–Crippen MR) is 101 cm³/mol. The van der Waals surface area contributed by atoms with Gasteiger partial charge in [0.05, 0.1) is 26.5 Å². The Balaban J connectivity index is 2.01. The second-order valence-corrected chi connectivity index (χ2v) is 6.00. The molecule has 6 heteroatoms. The van der Waals surface area contributed by atoms with Crippen LogP contribution in [0.25, 0.3) is 0 Å². The Bertz CT molecular complexity index is 789. The summed E-state index contributed by atoms with van der Waals surface area (Å²) in [6, 6.07) is 12.6. The zero-order chi connectivity index (χ0) is 19.1. The summed E-state index contributed by atoms with van der Waals surface area (Å²) in [5.74, 6) is 1.15. The van der Waals surface area contributed by atoms with E-state index in [4.69, 9.17) is 9.47 Å². The molecular formula is C20H24N2O4. The van der Waals surface area contributed by atoms with E-state index >= 15 is 0 Å². The van der Waals surface area contributed by atoms with Crippen LogP contribution in [0.15, 0.2) is 42.5 Å². The maximum Gasteiger partial charge on any atom is 0.238 e. The van der Waals surface area contributed by atoms with E-state index < -0.39 is 0 Å².